The molecule has 3 rings (SSSR count). The quantitative estimate of drug-likeness (QED) is 0.0406. The third-order valence-electron chi connectivity index (χ3n) is 9.08. The smallest absolute Gasteiger partial charge is 0.352 e. The molecular weight excluding hydrogens is 790 g/mol. The van der Waals surface area contributed by atoms with E-state index in [0.717, 1.165) is 4.57 Å². The third kappa shape index (κ3) is 19.5. The Labute approximate surface area is 333 Å². The highest BCUT2D eigenvalue weighted by molar-refractivity contribution is 7.80. The van der Waals surface area contributed by atoms with Gasteiger partial charge in [0.05, 0.1) is 18.8 Å². The van der Waals surface area contributed by atoms with E-state index in [0.29, 0.717) is 0 Å². The van der Waals surface area contributed by atoms with Crippen LogP contribution in [0.5, 0.6) is 0 Å². The van der Waals surface area contributed by atoms with Gasteiger partial charge in [-0.25, -0.2) is 17.8 Å². The average Bonchev–Trinajstić information content (AvgIpc) is 3.56. The summed E-state index contributed by atoms with van der Waals surface area (Å²) in [6, 6.07) is -0.880. The molecule has 0 aromatic carbocycles. The van der Waals surface area contributed by atoms with Gasteiger partial charge in [-0.1, -0.05) is 85.2 Å². The zero-order valence-electron chi connectivity index (χ0n) is 34.6. The van der Waals surface area contributed by atoms with E-state index in [1.807, 2.05) is 0 Å². The fourth-order valence-corrected chi connectivity index (χ4v) is 11.1. The maximum Gasteiger partial charge on any atom is 0.381 e. The SMILES string of the molecule is CCCCN(CCCC)CCCC.CCCCN(CCCC)CCCC.Cc1cn([C@H]2C[C@H](N=[N+]=[N-])[C@@H](COP3OP(=O)(O)C(F)P(=O)(O)O3)O2)c(=O)[nH]c1=O. The predicted octanol–water partition coefficient (Wildman–Crippen LogP) is 9.10. The van der Waals surface area contributed by atoms with Gasteiger partial charge < -0.3 is 28.8 Å². The summed E-state index contributed by atoms with van der Waals surface area (Å²) in [6.45, 7) is 22.5. The van der Waals surface area contributed by atoms with Crippen LogP contribution in [0, 0.1) is 6.92 Å². The number of halogens is 1. The van der Waals surface area contributed by atoms with Crippen molar-refractivity contribution in [3.63, 3.8) is 0 Å². The van der Waals surface area contributed by atoms with Gasteiger partial charge in [0, 0.05) is 23.1 Å². The molecule has 56 heavy (non-hydrogen) atoms. The zero-order valence-corrected chi connectivity index (χ0v) is 37.3. The van der Waals surface area contributed by atoms with Crippen LogP contribution >= 0.6 is 23.8 Å². The molecule has 17 nitrogen and oxygen atoms in total. The number of azide groups is 1. The molecule has 2 saturated heterocycles. The van der Waals surface area contributed by atoms with Crippen LogP contribution < -0.4 is 11.2 Å². The van der Waals surface area contributed by atoms with Gasteiger partial charge in [0.2, 0.25) is 0 Å². The van der Waals surface area contributed by atoms with E-state index in [1.165, 1.54) is 129 Å². The zero-order chi connectivity index (χ0) is 42.1. The fraction of sp³-hybridized carbons (Fsp3) is 0.886. The molecule has 5 atom stereocenters. The standard InChI is InChI=1S/2C12H27N.C11H15FN5O10P3/c2*1-4-7-10-13(11-8-5-2)12-9-6-3;1-5-3-17(11(19)14-9(5)18)8-2-6(15-16-13)7(25-8)4-24-28-26-29(20,21)10(12)30(22,23)27-28/h2*4-12H2,1-3H3;3,6-8,10H,2,4H2,1H3,(H,20,21)(H,22,23)(H,14,18,19)/t;;6-,7+,8+,10?,28?/m..0/s1. The Kier molecular flexibility index (Phi) is 27.0. The van der Waals surface area contributed by atoms with E-state index in [-0.39, 0.29) is 12.0 Å². The summed E-state index contributed by atoms with van der Waals surface area (Å²) < 4.78 is 57.3. The summed E-state index contributed by atoms with van der Waals surface area (Å²) in [7, 11) is -13.1. The molecule has 2 aliphatic heterocycles. The summed E-state index contributed by atoms with van der Waals surface area (Å²) in [5, 5.41) is 3.53. The molecule has 0 radical (unpaired) electrons. The number of unbranched alkanes of at least 4 members (excludes halogenated alkanes) is 6. The lowest BCUT2D eigenvalue weighted by Gasteiger charge is -2.30. The number of ether oxygens (including phenoxy) is 1. The first-order chi connectivity index (χ1) is 26.6. The normalized spacial score (nSPS) is 26.0. The maximum absolute atomic E-state index is 13.5. The summed E-state index contributed by atoms with van der Waals surface area (Å²) in [5.41, 5.74) is 4.48. The van der Waals surface area contributed by atoms with Gasteiger partial charge in [-0.2, -0.15) is 0 Å². The molecule has 1 aromatic heterocycles. The fourth-order valence-electron chi connectivity index (χ4n) is 5.63. The Morgan fingerprint density at radius 3 is 1.66 bits per heavy atom. The number of hydrogen-bond donors (Lipinski definition) is 3. The van der Waals surface area contributed by atoms with Crippen LogP contribution in [-0.2, 0) is 27.0 Å². The van der Waals surface area contributed by atoms with Gasteiger partial charge in [-0.05, 0) is 90.2 Å². The monoisotopic (exact) mass is 859 g/mol. The Hall–Kier alpha value is -1.51. The second-order valence-electron chi connectivity index (χ2n) is 14.0. The van der Waals surface area contributed by atoms with Crippen molar-refractivity contribution in [2.75, 3.05) is 45.9 Å². The van der Waals surface area contributed by atoms with E-state index in [1.54, 1.807) is 0 Å². The van der Waals surface area contributed by atoms with Crippen molar-refractivity contribution < 1.29 is 41.2 Å². The first-order valence-electron chi connectivity index (χ1n) is 20.2. The molecule has 1 aromatic rings. The van der Waals surface area contributed by atoms with Crippen LogP contribution in [0.1, 0.15) is 137 Å². The van der Waals surface area contributed by atoms with Crippen LogP contribution in [0.2, 0.25) is 0 Å². The lowest BCUT2D eigenvalue weighted by molar-refractivity contribution is -0.0240. The molecule has 2 unspecified atom stereocenters. The van der Waals surface area contributed by atoms with E-state index in [2.05, 4.69) is 75.0 Å². The maximum atomic E-state index is 13.5. The number of nitrogens with zero attached hydrogens (tertiary/aromatic N) is 6. The number of hydrogen-bond acceptors (Lipinski definition) is 11. The molecule has 21 heteroatoms. The summed E-state index contributed by atoms with van der Waals surface area (Å²) in [5.74, 6) is 0. The lowest BCUT2D eigenvalue weighted by Crippen LogP contribution is -2.33. The second kappa shape index (κ2) is 28.8. The van der Waals surface area contributed by atoms with Crippen LogP contribution in [0.3, 0.4) is 0 Å². The number of nitrogens with one attached hydrogen (secondary N) is 1. The Morgan fingerprint density at radius 2 is 1.29 bits per heavy atom. The Balaban J connectivity index is 0.000000501. The molecule has 0 saturated carbocycles. The molecule has 0 amide bonds. The number of rotatable bonds is 23. The predicted molar refractivity (Wildman–Crippen MR) is 219 cm³/mol. The van der Waals surface area contributed by atoms with Gasteiger partial charge in [0.15, 0.2) is 0 Å². The molecule has 0 aliphatic carbocycles. The molecule has 3 N–H and O–H groups in total. The number of alkyl halides is 1. The van der Waals surface area contributed by atoms with Crippen molar-refractivity contribution in [1.29, 1.82) is 0 Å². The lowest BCUT2D eigenvalue weighted by atomic mass is 10.1. The minimum absolute atomic E-state index is 0.00660. The second-order valence-corrected chi connectivity index (χ2v) is 19.6. The van der Waals surface area contributed by atoms with E-state index in [9.17, 15) is 32.9 Å². The first-order valence-corrected chi connectivity index (χ1v) is 24.6. The highest BCUT2D eigenvalue weighted by atomic mass is 31.3. The molecule has 2 aliphatic rings. The minimum Gasteiger partial charge on any atom is -0.352 e. The van der Waals surface area contributed by atoms with Crippen LogP contribution in [0.4, 0.5) is 4.39 Å². The van der Waals surface area contributed by atoms with Crippen LogP contribution in [0.15, 0.2) is 20.9 Å². The van der Waals surface area contributed by atoms with Crippen molar-refractivity contribution in [3.8, 4) is 0 Å². The Morgan fingerprint density at radius 1 is 0.875 bits per heavy atom. The van der Waals surface area contributed by atoms with E-state index in [4.69, 9.17) is 14.8 Å². The largest absolute Gasteiger partial charge is 0.381 e. The number of H-pyrrole nitrogens is 1. The summed E-state index contributed by atoms with van der Waals surface area (Å²) in [4.78, 5) is 52.3. The average molecular weight is 860 g/mol. The van der Waals surface area contributed by atoms with Gasteiger partial charge in [0.1, 0.15) is 6.23 Å². The highest BCUT2D eigenvalue weighted by Crippen LogP contribution is 2.79. The van der Waals surface area contributed by atoms with Crippen LogP contribution in [-0.4, -0.2) is 92.8 Å². The van der Waals surface area contributed by atoms with Gasteiger partial charge >= 0.3 is 35.1 Å². The molecule has 3 heterocycles. The molecule has 2 fully saturated rings. The summed E-state index contributed by atoms with van der Waals surface area (Å²) in [6.07, 6.45) is 15.5. The molecule has 326 valence electrons. The van der Waals surface area contributed by atoms with Crippen molar-refractivity contribution in [2.45, 2.75) is 156 Å². The van der Waals surface area contributed by atoms with Crippen molar-refractivity contribution >= 4 is 23.8 Å². The van der Waals surface area contributed by atoms with Crippen molar-refractivity contribution in [3.05, 3.63) is 43.0 Å². The van der Waals surface area contributed by atoms with Gasteiger partial charge in [0.25, 0.3) is 5.56 Å². The van der Waals surface area contributed by atoms with Crippen molar-refractivity contribution in [1.82, 2.24) is 19.4 Å². The molecule has 0 spiro atoms. The van der Waals surface area contributed by atoms with Crippen LogP contribution in [0.25, 0.3) is 10.4 Å². The Bertz CT molecular complexity index is 1410. The third-order valence-corrected chi connectivity index (χ3v) is 15.2. The van der Waals surface area contributed by atoms with Gasteiger partial charge in [-0.15, -0.1) is 0 Å². The van der Waals surface area contributed by atoms with Gasteiger partial charge in [-0.3, -0.25) is 23.5 Å². The first kappa shape index (κ1) is 52.5. The number of aromatic amines is 1. The highest BCUT2D eigenvalue weighted by Gasteiger charge is 2.57. The summed E-state index contributed by atoms with van der Waals surface area (Å²) >= 11 is 0. The number of aromatic nitrogens is 2. The van der Waals surface area contributed by atoms with E-state index < -0.39 is 65.7 Å². The molecule has 0 bridgehead atoms. The van der Waals surface area contributed by atoms with Crippen molar-refractivity contribution in [2.24, 2.45) is 5.11 Å². The topological polar surface area (TPSA) is 222 Å². The molecular formula is C35H69FN7O10P3. The minimum atomic E-state index is -5.12. The van der Waals surface area contributed by atoms with E-state index >= 15 is 0 Å². The number of aryl methyl sites for hydroxylation is 1.